The summed E-state index contributed by atoms with van der Waals surface area (Å²) in [5.41, 5.74) is 1.34. The number of alkyl halides is 3. The molecule has 1 heterocycles. The number of quaternary nitrogens is 1. The van der Waals surface area contributed by atoms with Crippen LogP contribution >= 0.6 is 0 Å². The summed E-state index contributed by atoms with van der Waals surface area (Å²) in [5, 5.41) is 0. The van der Waals surface area contributed by atoms with E-state index in [0.717, 1.165) is 12.1 Å². The Kier molecular flexibility index (Phi) is 4.98. The van der Waals surface area contributed by atoms with Gasteiger partial charge in [-0.3, -0.25) is 4.79 Å². The minimum absolute atomic E-state index is 0.147. The van der Waals surface area contributed by atoms with Gasteiger partial charge in [0.05, 0.1) is 5.56 Å². The number of nitrogens with one attached hydrogen (secondary N) is 1. The maximum atomic E-state index is 13.0. The number of carbonyl (C=O) groups is 2. The minimum Gasteiger partial charge on any atom is -0.459 e. The van der Waals surface area contributed by atoms with Crippen molar-refractivity contribution in [2.45, 2.75) is 39.0 Å². The van der Waals surface area contributed by atoms with Crippen molar-refractivity contribution in [2.75, 3.05) is 13.6 Å². The van der Waals surface area contributed by atoms with Crippen LogP contribution in [-0.4, -0.2) is 31.1 Å². The topological polar surface area (TPSA) is 55.4 Å². The molecule has 138 valence electrons. The molecule has 1 fully saturated rings. The van der Waals surface area contributed by atoms with Crippen LogP contribution in [0.4, 0.5) is 18.9 Å². The Hall–Kier alpha value is -1.93. The van der Waals surface area contributed by atoms with E-state index in [1.54, 1.807) is 20.8 Å². The fourth-order valence-electron chi connectivity index (χ4n) is 2.94. The number of hydrogen-bond donors (Lipinski definition) is 1. The molecule has 1 N–H and O–H groups in total. The second-order valence-corrected chi connectivity index (χ2v) is 7.02. The van der Waals surface area contributed by atoms with Crippen LogP contribution in [0.1, 0.15) is 32.8 Å². The highest BCUT2D eigenvalue weighted by Crippen LogP contribution is 2.37. The van der Waals surface area contributed by atoms with Crippen LogP contribution < -0.4 is 10.0 Å². The Bertz CT molecular complexity index is 682. The van der Waals surface area contributed by atoms with Crippen LogP contribution in [0.2, 0.25) is 0 Å². The molecule has 1 aliphatic heterocycles. The first-order valence-corrected chi connectivity index (χ1v) is 7.93. The van der Waals surface area contributed by atoms with Crippen molar-refractivity contribution in [2.24, 2.45) is 5.92 Å². The zero-order chi connectivity index (χ0) is 19.0. The molecule has 0 radical (unpaired) electrons. The normalized spacial score (nSPS) is 24.4. The first-order valence-electron chi connectivity index (χ1n) is 7.93. The van der Waals surface area contributed by atoms with Gasteiger partial charge in [0.15, 0.2) is 11.6 Å². The molecule has 2 rings (SSSR count). The molecule has 1 saturated heterocycles. The van der Waals surface area contributed by atoms with Crippen LogP contribution in [0.25, 0.3) is 0 Å². The van der Waals surface area contributed by atoms with E-state index in [2.05, 4.69) is 5.43 Å². The number of carbonyl (C=O) groups excluding carboxylic acids is 2. The molecule has 0 aromatic heterocycles. The van der Waals surface area contributed by atoms with Crippen LogP contribution in [0.5, 0.6) is 0 Å². The summed E-state index contributed by atoms with van der Waals surface area (Å²) in [7, 11) is 1.48. The SMILES string of the molecule is CN[N+]1(c2cccc(C(F)(F)F)c2)CCC(C(=O)OC(C)(C)C)C1=O. The van der Waals surface area contributed by atoms with E-state index in [-0.39, 0.29) is 18.7 Å². The fraction of sp³-hybridized carbons (Fsp3) is 0.529. The molecule has 5 nitrogen and oxygen atoms in total. The van der Waals surface area contributed by atoms with Gasteiger partial charge in [-0.05, 0) is 26.8 Å². The molecule has 8 heteroatoms. The van der Waals surface area contributed by atoms with Crippen LogP contribution in [0.15, 0.2) is 24.3 Å². The van der Waals surface area contributed by atoms with E-state index in [1.807, 2.05) is 0 Å². The smallest absolute Gasteiger partial charge is 0.416 e. The van der Waals surface area contributed by atoms with Gasteiger partial charge >= 0.3 is 18.1 Å². The largest absolute Gasteiger partial charge is 0.459 e. The highest BCUT2D eigenvalue weighted by Gasteiger charge is 2.54. The summed E-state index contributed by atoms with van der Waals surface area (Å²) < 4.78 is 43.7. The first kappa shape index (κ1) is 19.4. The van der Waals surface area contributed by atoms with Gasteiger partial charge in [0.2, 0.25) is 0 Å². The molecular formula is C17H22F3N2O3+. The standard InChI is InChI=1S/C17H22F3N2O3/c1-16(2,3)25-15(24)13-8-9-22(21-4,14(13)23)12-7-5-6-11(10-12)17(18,19)20/h5-7,10,13,21H,8-9H2,1-4H3/q+1. The zero-order valence-electron chi connectivity index (χ0n) is 14.6. The maximum absolute atomic E-state index is 13.0. The Morgan fingerprint density at radius 3 is 2.44 bits per heavy atom. The minimum atomic E-state index is -4.51. The van der Waals surface area contributed by atoms with E-state index >= 15 is 0 Å². The van der Waals surface area contributed by atoms with Crippen molar-refractivity contribution in [1.82, 2.24) is 10.0 Å². The molecule has 0 aliphatic carbocycles. The third kappa shape index (κ3) is 3.85. The number of ether oxygens (including phenoxy) is 1. The van der Waals surface area contributed by atoms with Gasteiger partial charge in [-0.15, -0.1) is 0 Å². The highest BCUT2D eigenvalue weighted by molar-refractivity contribution is 6.04. The van der Waals surface area contributed by atoms with Gasteiger partial charge in [0.1, 0.15) is 12.1 Å². The highest BCUT2D eigenvalue weighted by atomic mass is 19.4. The van der Waals surface area contributed by atoms with Crippen molar-refractivity contribution in [3.05, 3.63) is 29.8 Å². The molecule has 1 amide bonds. The van der Waals surface area contributed by atoms with Gasteiger partial charge in [0.25, 0.3) is 0 Å². The molecule has 2 unspecified atom stereocenters. The number of nitrogens with zero attached hydrogens (tertiary/aromatic N) is 1. The van der Waals surface area contributed by atoms with E-state index in [4.69, 9.17) is 4.74 Å². The molecule has 0 saturated carbocycles. The van der Waals surface area contributed by atoms with Crippen LogP contribution in [0.3, 0.4) is 0 Å². The summed E-state index contributed by atoms with van der Waals surface area (Å²) >= 11 is 0. The Morgan fingerprint density at radius 2 is 1.92 bits per heavy atom. The summed E-state index contributed by atoms with van der Waals surface area (Å²) in [6, 6.07) is 4.58. The molecule has 1 aromatic rings. The Labute approximate surface area is 144 Å². The predicted octanol–water partition coefficient (Wildman–Crippen LogP) is 3.04. The number of halogens is 3. The zero-order valence-corrected chi connectivity index (χ0v) is 14.6. The number of rotatable bonds is 3. The van der Waals surface area contributed by atoms with Gasteiger partial charge in [-0.2, -0.15) is 23.2 Å². The van der Waals surface area contributed by atoms with Gasteiger partial charge in [0, 0.05) is 25.6 Å². The summed E-state index contributed by atoms with van der Waals surface area (Å²) in [4.78, 5) is 25.1. The van der Waals surface area contributed by atoms with Crippen molar-refractivity contribution >= 4 is 17.6 Å². The average molecular weight is 359 g/mol. The average Bonchev–Trinajstić information content (AvgIpc) is 2.83. The summed E-state index contributed by atoms with van der Waals surface area (Å²) in [5.74, 6) is -2.18. The lowest BCUT2D eigenvalue weighted by Gasteiger charge is -2.30. The van der Waals surface area contributed by atoms with Crippen LogP contribution in [-0.2, 0) is 20.5 Å². The third-order valence-electron chi connectivity index (χ3n) is 4.11. The molecular weight excluding hydrogens is 337 g/mol. The number of esters is 1. The van der Waals surface area contributed by atoms with Crippen molar-refractivity contribution in [3.8, 4) is 0 Å². The van der Waals surface area contributed by atoms with Gasteiger partial charge in [-0.1, -0.05) is 6.07 Å². The van der Waals surface area contributed by atoms with Gasteiger partial charge in [-0.25, -0.2) is 4.79 Å². The van der Waals surface area contributed by atoms with Crippen molar-refractivity contribution in [1.29, 1.82) is 0 Å². The van der Waals surface area contributed by atoms with E-state index in [1.165, 1.54) is 19.2 Å². The lowest BCUT2D eigenvalue weighted by atomic mass is 10.1. The van der Waals surface area contributed by atoms with E-state index < -0.39 is 39.7 Å². The molecule has 2 atom stereocenters. The quantitative estimate of drug-likeness (QED) is 0.512. The molecule has 0 spiro atoms. The van der Waals surface area contributed by atoms with Gasteiger partial charge < -0.3 is 4.74 Å². The van der Waals surface area contributed by atoms with Crippen LogP contribution in [0, 0.1) is 5.92 Å². The first-order chi connectivity index (χ1) is 11.4. The van der Waals surface area contributed by atoms with E-state index in [0.29, 0.717) is 0 Å². The molecule has 1 aliphatic rings. The maximum Gasteiger partial charge on any atom is 0.416 e. The molecule has 1 aromatic carbocycles. The number of benzene rings is 1. The number of amides is 1. The number of hydrogen-bond acceptors (Lipinski definition) is 4. The predicted molar refractivity (Wildman–Crippen MR) is 86.1 cm³/mol. The third-order valence-corrected chi connectivity index (χ3v) is 4.11. The van der Waals surface area contributed by atoms with E-state index in [9.17, 15) is 22.8 Å². The molecule has 25 heavy (non-hydrogen) atoms. The monoisotopic (exact) mass is 359 g/mol. The van der Waals surface area contributed by atoms with Crippen molar-refractivity contribution < 1.29 is 27.5 Å². The Balaban J connectivity index is 2.36. The second kappa shape index (κ2) is 6.42. The Morgan fingerprint density at radius 1 is 1.28 bits per heavy atom. The lowest BCUT2D eigenvalue weighted by molar-refractivity contribution is -0.162. The molecule has 0 bridgehead atoms. The fourth-order valence-corrected chi connectivity index (χ4v) is 2.94. The lowest BCUT2D eigenvalue weighted by Crippen LogP contribution is -2.60. The summed E-state index contributed by atoms with van der Waals surface area (Å²) in [6.45, 7) is 5.24. The second-order valence-electron chi connectivity index (χ2n) is 7.02. The van der Waals surface area contributed by atoms with Crippen molar-refractivity contribution in [3.63, 3.8) is 0 Å². The summed E-state index contributed by atoms with van der Waals surface area (Å²) in [6.07, 6.45) is -4.31.